The molecule has 0 amide bonds. The van der Waals surface area contributed by atoms with Crippen molar-refractivity contribution in [2.24, 2.45) is 4.99 Å². The first kappa shape index (κ1) is 18.0. The number of guanidine groups is 1. The lowest BCUT2D eigenvalue weighted by molar-refractivity contribution is 0.265. The van der Waals surface area contributed by atoms with Crippen LogP contribution in [0.25, 0.3) is 0 Å². The quantitative estimate of drug-likeness (QED) is 0.307. The van der Waals surface area contributed by atoms with Gasteiger partial charge in [0.1, 0.15) is 0 Å². The Kier molecular flexibility index (Phi) is 9.15. The normalized spacial score (nSPS) is 19.8. The van der Waals surface area contributed by atoms with E-state index in [4.69, 9.17) is 0 Å². The first-order chi connectivity index (χ1) is 10.2. The van der Waals surface area contributed by atoms with Gasteiger partial charge in [-0.25, -0.2) is 0 Å². The second-order valence-corrected chi connectivity index (χ2v) is 5.91. The van der Waals surface area contributed by atoms with Crippen molar-refractivity contribution in [3.8, 4) is 0 Å². The third-order valence-corrected chi connectivity index (χ3v) is 4.38. The molecule has 0 aromatic rings. The highest BCUT2D eigenvalue weighted by atomic mass is 15.3. The molecule has 1 fully saturated rings. The van der Waals surface area contributed by atoms with E-state index < -0.39 is 0 Å². The van der Waals surface area contributed by atoms with Crippen LogP contribution < -0.4 is 5.32 Å². The monoisotopic (exact) mass is 294 g/mol. The summed E-state index contributed by atoms with van der Waals surface area (Å²) >= 11 is 0. The van der Waals surface area contributed by atoms with Gasteiger partial charge in [0.15, 0.2) is 5.96 Å². The zero-order chi connectivity index (χ0) is 15.5. The molecule has 1 aliphatic heterocycles. The number of unbranched alkanes of at least 4 members (excludes halogenated alkanes) is 3. The van der Waals surface area contributed by atoms with Crippen LogP contribution in [0.4, 0.5) is 0 Å². The van der Waals surface area contributed by atoms with Crippen molar-refractivity contribution in [1.29, 1.82) is 0 Å². The molecule has 1 saturated heterocycles. The maximum Gasteiger partial charge on any atom is 0.193 e. The Hall–Kier alpha value is -1.03. The molecule has 122 valence electrons. The summed E-state index contributed by atoms with van der Waals surface area (Å²) in [6.45, 7) is 10.5. The van der Waals surface area contributed by atoms with E-state index >= 15 is 0 Å². The fourth-order valence-electron chi connectivity index (χ4n) is 3.06. The fraction of sp³-hybridized carbons (Fsp3) is 0.824. The van der Waals surface area contributed by atoms with Crippen molar-refractivity contribution in [3.05, 3.63) is 12.7 Å². The molecule has 1 N–H and O–H groups in total. The number of hydrogen-bond donors (Lipinski definition) is 1. The zero-order valence-corrected chi connectivity index (χ0v) is 14.3. The highest BCUT2D eigenvalue weighted by Crippen LogP contribution is 2.15. The van der Waals surface area contributed by atoms with Crippen LogP contribution >= 0.6 is 0 Å². The molecule has 0 bridgehead atoms. The van der Waals surface area contributed by atoms with E-state index in [0.29, 0.717) is 6.04 Å². The molecule has 0 spiro atoms. The first-order valence-corrected chi connectivity index (χ1v) is 8.49. The molecule has 0 radical (unpaired) electrons. The molecule has 1 heterocycles. The summed E-state index contributed by atoms with van der Waals surface area (Å²) < 4.78 is 0. The Morgan fingerprint density at radius 2 is 2.24 bits per heavy atom. The Bertz CT molecular complexity index is 314. The van der Waals surface area contributed by atoms with Crippen LogP contribution in [0.3, 0.4) is 0 Å². The number of aliphatic imine (C=N–C) groups is 1. The summed E-state index contributed by atoms with van der Waals surface area (Å²) in [5.74, 6) is 1.03. The van der Waals surface area contributed by atoms with Gasteiger partial charge in [-0.15, -0.1) is 6.58 Å². The highest BCUT2D eigenvalue weighted by molar-refractivity contribution is 5.79. The van der Waals surface area contributed by atoms with Crippen LogP contribution in [0, 0.1) is 0 Å². The fourth-order valence-corrected chi connectivity index (χ4v) is 3.06. The zero-order valence-electron chi connectivity index (χ0n) is 14.3. The molecule has 4 heteroatoms. The molecule has 1 unspecified atom stereocenters. The van der Waals surface area contributed by atoms with Gasteiger partial charge in [0.2, 0.25) is 0 Å². The molecule has 0 aromatic heterocycles. The maximum atomic E-state index is 4.41. The SMILES string of the molecule is C=CCCCCCN(C)C(=NC)NCC1CCCN1CC. The number of likely N-dealkylation sites (N-methyl/N-ethyl adjacent to an activating group) is 1. The number of rotatable bonds is 9. The lowest BCUT2D eigenvalue weighted by Gasteiger charge is -2.27. The van der Waals surface area contributed by atoms with Crippen molar-refractivity contribution in [3.63, 3.8) is 0 Å². The van der Waals surface area contributed by atoms with E-state index in [1.54, 1.807) is 0 Å². The molecule has 1 rings (SSSR count). The largest absolute Gasteiger partial charge is 0.355 e. The Morgan fingerprint density at radius 3 is 2.90 bits per heavy atom. The molecule has 0 aromatic carbocycles. The third-order valence-electron chi connectivity index (χ3n) is 4.38. The van der Waals surface area contributed by atoms with Gasteiger partial charge in [0.25, 0.3) is 0 Å². The number of likely N-dealkylation sites (tertiary alicyclic amines) is 1. The van der Waals surface area contributed by atoms with Crippen molar-refractivity contribution >= 4 is 5.96 Å². The average Bonchev–Trinajstić information content (AvgIpc) is 2.95. The van der Waals surface area contributed by atoms with Crippen LogP contribution in [0.15, 0.2) is 17.6 Å². The number of hydrogen-bond acceptors (Lipinski definition) is 2. The highest BCUT2D eigenvalue weighted by Gasteiger charge is 2.23. The second-order valence-electron chi connectivity index (χ2n) is 5.91. The smallest absolute Gasteiger partial charge is 0.193 e. The summed E-state index contributed by atoms with van der Waals surface area (Å²) in [4.78, 5) is 9.23. The molecular formula is C17H34N4. The first-order valence-electron chi connectivity index (χ1n) is 8.49. The van der Waals surface area contributed by atoms with E-state index in [1.807, 2.05) is 13.1 Å². The summed E-state index contributed by atoms with van der Waals surface area (Å²) in [7, 11) is 4.01. The molecule has 4 nitrogen and oxygen atoms in total. The van der Waals surface area contributed by atoms with Crippen molar-refractivity contribution in [1.82, 2.24) is 15.1 Å². The molecule has 1 atom stereocenters. The van der Waals surface area contributed by atoms with Gasteiger partial charge in [-0.2, -0.15) is 0 Å². The van der Waals surface area contributed by atoms with E-state index in [9.17, 15) is 0 Å². The van der Waals surface area contributed by atoms with Gasteiger partial charge < -0.3 is 10.2 Å². The topological polar surface area (TPSA) is 30.9 Å². The Morgan fingerprint density at radius 1 is 1.43 bits per heavy atom. The van der Waals surface area contributed by atoms with E-state index in [1.165, 1.54) is 38.6 Å². The third kappa shape index (κ3) is 6.51. The molecule has 0 aliphatic carbocycles. The van der Waals surface area contributed by atoms with Crippen LogP contribution in [0.1, 0.15) is 45.4 Å². The number of allylic oxidation sites excluding steroid dienone is 1. The molecular weight excluding hydrogens is 260 g/mol. The van der Waals surface area contributed by atoms with E-state index in [2.05, 4.69) is 40.7 Å². The van der Waals surface area contributed by atoms with Crippen LogP contribution in [-0.2, 0) is 0 Å². The molecule has 1 aliphatic rings. The Balaban J connectivity index is 2.25. The van der Waals surface area contributed by atoms with Crippen LogP contribution in [0.2, 0.25) is 0 Å². The van der Waals surface area contributed by atoms with Gasteiger partial charge >= 0.3 is 0 Å². The summed E-state index contributed by atoms with van der Waals surface area (Å²) in [6.07, 6.45) is 9.50. The van der Waals surface area contributed by atoms with Crippen LogP contribution in [-0.4, -0.2) is 62.1 Å². The van der Waals surface area contributed by atoms with Gasteiger partial charge in [-0.05, 0) is 45.2 Å². The number of nitrogens with one attached hydrogen (secondary N) is 1. The minimum Gasteiger partial charge on any atom is -0.355 e. The number of nitrogens with zero attached hydrogens (tertiary/aromatic N) is 3. The molecule has 0 saturated carbocycles. The lowest BCUT2D eigenvalue weighted by Crippen LogP contribution is -2.45. The van der Waals surface area contributed by atoms with Crippen molar-refractivity contribution < 1.29 is 0 Å². The maximum absolute atomic E-state index is 4.41. The summed E-state index contributed by atoms with van der Waals surface area (Å²) in [6, 6.07) is 0.674. The summed E-state index contributed by atoms with van der Waals surface area (Å²) in [5.41, 5.74) is 0. The van der Waals surface area contributed by atoms with Crippen molar-refractivity contribution in [2.45, 2.75) is 51.5 Å². The van der Waals surface area contributed by atoms with Gasteiger partial charge in [0, 0.05) is 33.2 Å². The van der Waals surface area contributed by atoms with Gasteiger partial charge in [0.05, 0.1) is 0 Å². The minimum atomic E-state index is 0.674. The summed E-state index contributed by atoms with van der Waals surface area (Å²) in [5, 5.41) is 3.55. The predicted molar refractivity (Wildman–Crippen MR) is 92.9 cm³/mol. The van der Waals surface area contributed by atoms with E-state index in [0.717, 1.165) is 32.0 Å². The second kappa shape index (κ2) is 10.7. The van der Waals surface area contributed by atoms with Gasteiger partial charge in [-0.3, -0.25) is 9.89 Å². The Labute approximate surface area is 131 Å². The molecule has 21 heavy (non-hydrogen) atoms. The van der Waals surface area contributed by atoms with E-state index in [-0.39, 0.29) is 0 Å². The van der Waals surface area contributed by atoms with Crippen molar-refractivity contribution in [2.75, 3.05) is 40.3 Å². The van der Waals surface area contributed by atoms with Crippen LogP contribution in [0.5, 0.6) is 0 Å². The lowest BCUT2D eigenvalue weighted by atomic mass is 10.2. The minimum absolute atomic E-state index is 0.674. The van der Waals surface area contributed by atoms with Gasteiger partial charge in [-0.1, -0.05) is 19.4 Å². The standard InChI is InChI=1S/C17H34N4/c1-5-7-8-9-10-13-20(4)17(18-3)19-15-16-12-11-14-21(16)6-2/h5,16H,1,6-15H2,2-4H3,(H,18,19). The average molecular weight is 294 g/mol. The predicted octanol–water partition coefficient (Wildman–Crippen LogP) is 2.72.